The zero-order valence-corrected chi connectivity index (χ0v) is 24.6. The van der Waals surface area contributed by atoms with Gasteiger partial charge in [-0.3, -0.25) is 0 Å². The number of halogens is 2. The second kappa shape index (κ2) is 13.4. The van der Waals surface area contributed by atoms with Crippen LogP contribution in [0.15, 0.2) is 60.8 Å². The molecule has 0 heterocycles. The summed E-state index contributed by atoms with van der Waals surface area (Å²) in [5, 5.41) is 0. The van der Waals surface area contributed by atoms with Crippen LogP contribution >= 0.6 is 0 Å². The minimum absolute atomic E-state index is 0.0726. The number of aryl methyl sites for hydroxylation is 1. The summed E-state index contributed by atoms with van der Waals surface area (Å²) in [5.74, 6) is -2.49. The SMILES string of the molecule is C=C(N(CCC)CC(C)c1ccc(C(C)(C)C(C)(F)F)cc1)C1(c2ccc(C)cc2)CC1.CC.CC. The number of nitrogens with zero attached hydrogens (tertiary/aromatic N) is 1. The van der Waals surface area contributed by atoms with Crippen LogP contribution in [0.1, 0.15) is 110 Å². The zero-order chi connectivity index (χ0) is 27.7. The predicted molar refractivity (Wildman–Crippen MR) is 154 cm³/mol. The molecular formula is C33H51F2N. The summed E-state index contributed by atoms with van der Waals surface area (Å²) in [5.41, 5.74) is 4.60. The third kappa shape index (κ3) is 7.20. The van der Waals surface area contributed by atoms with Crippen molar-refractivity contribution < 1.29 is 8.78 Å². The summed E-state index contributed by atoms with van der Waals surface area (Å²) in [4.78, 5) is 2.45. The lowest BCUT2D eigenvalue weighted by atomic mass is 9.78. The molecule has 1 fully saturated rings. The molecule has 1 atom stereocenters. The maximum Gasteiger partial charge on any atom is 0.254 e. The predicted octanol–water partition coefficient (Wildman–Crippen LogP) is 10.0. The topological polar surface area (TPSA) is 3.24 Å². The highest BCUT2D eigenvalue weighted by Gasteiger charge is 2.48. The number of hydrogen-bond donors (Lipinski definition) is 0. The minimum atomic E-state index is -2.77. The Morgan fingerprint density at radius 1 is 0.944 bits per heavy atom. The van der Waals surface area contributed by atoms with Gasteiger partial charge in [-0.15, -0.1) is 0 Å². The number of hydrogen-bond acceptors (Lipinski definition) is 1. The van der Waals surface area contributed by atoms with Gasteiger partial charge in [-0.25, -0.2) is 8.78 Å². The average Bonchev–Trinajstić information content (AvgIpc) is 3.67. The van der Waals surface area contributed by atoms with Gasteiger partial charge >= 0.3 is 0 Å². The van der Waals surface area contributed by atoms with Gasteiger partial charge < -0.3 is 4.90 Å². The minimum Gasteiger partial charge on any atom is -0.374 e. The van der Waals surface area contributed by atoms with Crippen LogP contribution in [0.4, 0.5) is 8.78 Å². The molecule has 1 aliphatic carbocycles. The van der Waals surface area contributed by atoms with Gasteiger partial charge in [-0.2, -0.15) is 0 Å². The van der Waals surface area contributed by atoms with E-state index in [1.165, 1.54) is 22.4 Å². The molecule has 0 aromatic heterocycles. The number of allylic oxidation sites excluding steroid dienone is 1. The van der Waals surface area contributed by atoms with Gasteiger partial charge in [-0.05, 0) is 48.8 Å². The molecule has 0 N–H and O–H groups in total. The second-order valence-corrected chi connectivity index (χ2v) is 10.4. The molecule has 1 nitrogen and oxygen atoms in total. The molecule has 36 heavy (non-hydrogen) atoms. The molecule has 0 radical (unpaired) electrons. The van der Waals surface area contributed by atoms with E-state index in [2.05, 4.69) is 56.5 Å². The quantitative estimate of drug-likeness (QED) is 0.314. The highest BCUT2D eigenvalue weighted by atomic mass is 19.3. The molecule has 3 heteroatoms. The van der Waals surface area contributed by atoms with E-state index in [4.69, 9.17) is 0 Å². The van der Waals surface area contributed by atoms with Gasteiger partial charge in [0.1, 0.15) is 0 Å². The number of rotatable bonds is 10. The smallest absolute Gasteiger partial charge is 0.254 e. The largest absolute Gasteiger partial charge is 0.374 e. The van der Waals surface area contributed by atoms with Crippen LogP contribution in [0.2, 0.25) is 0 Å². The van der Waals surface area contributed by atoms with Crippen LogP contribution in [0.3, 0.4) is 0 Å². The van der Waals surface area contributed by atoms with Crippen molar-refractivity contribution in [2.24, 2.45) is 0 Å². The first-order chi connectivity index (χ1) is 16.9. The molecule has 1 aliphatic rings. The van der Waals surface area contributed by atoms with E-state index in [0.717, 1.165) is 39.3 Å². The highest BCUT2D eigenvalue weighted by Crippen LogP contribution is 2.54. The van der Waals surface area contributed by atoms with Gasteiger partial charge in [0, 0.05) is 31.1 Å². The van der Waals surface area contributed by atoms with Crippen LogP contribution in [-0.2, 0) is 10.8 Å². The third-order valence-corrected chi connectivity index (χ3v) is 7.57. The van der Waals surface area contributed by atoms with Crippen molar-refractivity contribution in [1.82, 2.24) is 4.90 Å². The van der Waals surface area contributed by atoms with Gasteiger partial charge in [0.15, 0.2) is 0 Å². The summed E-state index contributed by atoms with van der Waals surface area (Å²) in [6.45, 7) is 25.2. The lowest BCUT2D eigenvalue weighted by molar-refractivity contribution is -0.0467. The van der Waals surface area contributed by atoms with Crippen LogP contribution in [-0.4, -0.2) is 23.9 Å². The molecule has 0 aliphatic heterocycles. The van der Waals surface area contributed by atoms with E-state index in [9.17, 15) is 8.78 Å². The molecule has 1 unspecified atom stereocenters. The molecule has 0 spiro atoms. The van der Waals surface area contributed by atoms with Crippen molar-refractivity contribution >= 4 is 0 Å². The summed E-state index contributed by atoms with van der Waals surface area (Å²) >= 11 is 0. The first kappa shape index (κ1) is 31.9. The fourth-order valence-electron chi connectivity index (χ4n) is 4.57. The van der Waals surface area contributed by atoms with Gasteiger partial charge in [-0.1, -0.05) is 116 Å². The Balaban J connectivity index is 0.00000154. The standard InChI is InChI=1S/C29H39F2N.2C2H6/c1-8-19-32(23(4)29(17-18-29)26-13-9-21(2)10-14-26)20-22(3)24-11-15-25(16-12-24)27(5,6)28(7,30)31;2*1-2/h9-16,22H,4,8,17-20H2,1-3,5-7H3;2*1-2H3. The van der Waals surface area contributed by atoms with Crippen molar-refractivity contribution in [3.63, 3.8) is 0 Å². The van der Waals surface area contributed by atoms with E-state index in [0.29, 0.717) is 5.56 Å². The number of alkyl halides is 2. The third-order valence-electron chi connectivity index (χ3n) is 7.57. The van der Waals surface area contributed by atoms with E-state index in [-0.39, 0.29) is 11.3 Å². The normalized spacial score (nSPS) is 15.0. The molecule has 0 bridgehead atoms. The summed E-state index contributed by atoms with van der Waals surface area (Å²) < 4.78 is 28.1. The first-order valence-electron chi connectivity index (χ1n) is 13.9. The Morgan fingerprint density at radius 2 is 1.44 bits per heavy atom. The Kier molecular flexibility index (Phi) is 11.9. The lowest BCUT2D eigenvalue weighted by Crippen LogP contribution is -2.37. The van der Waals surface area contributed by atoms with Crippen LogP contribution in [0.5, 0.6) is 0 Å². The maximum atomic E-state index is 14.1. The van der Waals surface area contributed by atoms with E-state index in [1.807, 2.05) is 52.0 Å². The van der Waals surface area contributed by atoms with Crippen LogP contribution in [0, 0.1) is 6.92 Å². The Bertz CT molecular complexity index is 916. The second-order valence-electron chi connectivity index (χ2n) is 10.4. The highest BCUT2D eigenvalue weighted by molar-refractivity contribution is 5.42. The zero-order valence-electron chi connectivity index (χ0n) is 24.6. The van der Waals surface area contributed by atoms with Gasteiger partial charge in [0.05, 0.1) is 5.41 Å². The fraction of sp³-hybridized carbons (Fsp3) is 0.576. The fourth-order valence-corrected chi connectivity index (χ4v) is 4.57. The molecule has 0 amide bonds. The molecule has 3 rings (SSSR count). The van der Waals surface area contributed by atoms with Crippen molar-refractivity contribution in [3.05, 3.63) is 83.1 Å². The van der Waals surface area contributed by atoms with Gasteiger partial charge in [0.25, 0.3) is 5.92 Å². The summed E-state index contributed by atoms with van der Waals surface area (Å²) in [7, 11) is 0. The molecule has 2 aromatic rings. The Morgan fingerprint density at radius 3 is 1.86 bits per heavy atom. The molecular weight excluding hydrogens is 448 g/mol. The molecule has 202 valence electrons. The Labute approximate surface area is 221 Å². The number of benzene rings is 2. The Hall–Kier alpha value is -2.16. The summed E-state index contributed by atoms with van der Waals surface area (Å²) in [6, 6.07) is 16.7. The van der Waals surface area contributed by atoms with Crippen LogP contribution in [0.25, 0.3) is 0 Å². The van der Waals surface area contributed by atoms with Crippen LogP contribution < -0.4 is 0 Å². The average molecular weight is 500 g/mol. The van der Waals surface area contributed by atoms with Crippen molar-refractivity contribution in [1.29, 1.82) is 0 Å². The van der Waals surface area contributed by atoms with Gasteiger partial charge in [0.2, 0.25) is 0 Å². The van der Waals surface area contributed by atoms with Crippen molar-refractivity contribution in [2.75, 3.05) is 13.1 Å². The summed E-state index contributed by atoms with van der Waals surface area (Å²) in [6.07, 6.45) is 3.37. The molecule has 0 saturated heterocycles. The van der Waals surface area contributed by atoms with Crippen molar-refractivity contribution in [3.8, 4) is 0 Å². The first-order valence-corrected chi connectivity index (χ1v) is 13.9. The van der Waals surface area contributed by atoms with E-state index in [1.54, 1.807) is 13.8 Å². The maximum absolute atomic E-state index is 14.1. The van der Waals surface area contributed by atoms with Crippen molar-refractivity contribution in [2.45, 2.75) is 111 Å². The van der Waals surface area contributed by atoms with E-state index >= 15 is 0 Å². The molecule has 2 aromatic carbocycles. The van der Waals surface area contributed by atoms with E-state index < -0.39 is 11.3 Å². The lowest BCUT2D eigenvalue weighted by Gasteiger charge is -2.35. The molecule has 1 saturated carbocycles. The monoisotopic (exact) mass is 499 g/mol.